The van der Waals surface area contributed by atoms with E-state index in [1.165, 1.54) is 6.26 Å². The molecule has 0 saturated heterocycles. The van der Waals surface area contributed by atoms with Gasteiger partial charge >= 0.3 is 5.97 Å². The summed E-state index contributed by atoms with van der Waals surface area (Å²) in [6, 6.07) is 0. The van der Waals surface area contributed by atoms with E-state index in [0.717, 1.165) is 12.8 Å². The number of carbonyl (C=O) groups is 2. The number of hydrogen-bond acceptors (Lipinski definition) is 3. The molecule has 0 spiro atoms. The predicted octanol–water partition coefficient (Wildman–Crippen LogP) is 1.87. The Morgan fingerprint density at radius 2 is 2.21 bits per heavy atom. The molecule has 1 aromatic rings. The Morgan fingerprint density at radius 3 is 2.79 bits per heavy atom. The molecule has 3 aliphatic rings. The lowest BCUT2D eigenvalue weighted by Gasteiger charge is -2.34. The Labute approximate surface area is 110 Å². The molecular formula is C14H15NO4. The first-order chi connectivity index (χ1) is 9.03. The standard InChI is InChI=1S/C14H15NO4/c1-7-2-14(3-10(7)14)13(18)15-4-8-9(12(16)17)6-19-11(8)5-15/h6-7,10H,2-5H2,1H3,(H,16,17)/t7-,10+,14-/m1/s1. The molecule has 1 N–H and O–H groups in total. The zero-order valence-corrected chi connectivity index (χ0v) is 10.7. The molecule has 4 rings (SSSR count). The molecule has 1 aliphatic heterocycles. The summed E-state index contributed by atoms with van der Waals surface area (Å²) in [5.74, 6) is 1.06. The van der Waals surface area contributed by atoms with E-state index in [1.807, 2.05) is 0 Å². The highest BCUT2D eigenvalue weighted by molar-refractivity contribution is 5.91. The second kappa shape index (κ2) is 3.21. The first-order valence-electron chi connectivity index (χ1n) is 6.65. The van der Waals surface area contributed by atoms with Crippen LogP contribution in [0, 0.1) is 17.3 Å². The summed E-state index contributed by atoms with van der Waals surface area (Å²) in [5, 5.41) is 9.06. The molecule has 0 radical (unpaired) electrons. The van der Waals surface area contributed by atoms with E-state index in [-0.39, 0.29) is 16.9 Å². The summed E-state index contributed by atoms with van der Waals surface area (Å²) in [4.78, 5) is 25.3. The van der Waals surface area contributed by atoms with Crippen LogP contribution in [-0.2, 0) is 17.9 Å². The van der Waals surface area contributed by atoms with E-state index in [0.29, 0.717) is 36.2 Å². The summed E-state index contributed by atoms with van der Waals surface area (Å²) in [5.41, 5.74) is 0.755. The molecule has 100 valence electrons. The molecule has 0 unspecified atom stereocenters. The van der Waals surface area contributed by atoms with Gasteiger partial charge in [-0.1, -0.05) is 6.92 Å². The maximum Gasteiger partial charge on any atom is 0.339 e. The van der Waals surface area contributed by atoms with Gasteiger partial charge in [0, 0.05) is 5.56 Å². The molecule has 2 fully saturated rings. The van der Waals surface area contributed by atoms with Gasteiger partial charge in [0.25, 0.3) is 0 Å². The van der Waals surface area contributed by atoms with Crippen molar-refractivity contribution in [3.8, 4) is 0 Å². The predicted molar refractivity (Wildman–Crippen MR) is 64.2 cm³/mol. The maximum absolute atomic E-state index is 12.5. The molecule has 5 nitrogen and oxygen atoms in total. The minimum Gasteiger partial charge on any atom is -0.478 e. The molecule has 5 heteroatoms. The Bertz CT molecular complexity index is 605. The Kier molecular flexibility index (Phi) is 1.87. The van der Waals surface area contributed by atoms with Gasteiger partial charge in [-0.2, -0.15) is 0 Å². The van der Waals surface area contributed by atoms with Gasteiger partial charge in [0.1, 0.15) is 17.6 Å². The van der Waals surface area contributed by atoms with E-state index in [4.69, 9.17) is 9.52 Å². The number of amides is 1. The lowest BCUT2D eigenvalue weighted by atomic mass is 9.75. The molecule has 19 heavy (non-hydrogen) atoms. The Morgan fingerprint density at radius 1 is 1.42 bits per heavy atom. The van der Waals surface area contributed by atoms with E-state index in [9.17, 15) is 9.59 Å². The minimum atomic E-state index is -0.987. The second-order valence-corrected chi connectivity index (χ2v) is 6.17. The Hall–Kier alpha value is -1.78. The van der Waals surface area contributed by atoms with Crippen LogP contribution >= 0.6 is 0 Å². The molecule has 0 aromatic carbocycles. The highest BCUT2D eigenvalue weighted by Crippen LogP contribution is 2.71. The molecule has 2 saturated carbocycles. The summed E-state index contributed by atoms with van der Waals surface area (Å²) in [7, 11) is 0. The lowest BCUT2D eigenvalue weighted by molar-refractivity contribution is -0.142. The third kappa shape index (κ3) is 1.25. The van der Waals surface area contributed by atoms with Crippen LogP contribution < -0.4 is 0 Å². The van der Waals surface area contributed by atoms with Crippen LogP contribution in [0.15, 0.2) is 10.7 Å². The van der Waals surface area contributed by atoms with Gasteiger partial charge in [-0.15, -0.1) is 0 Å². The second-order valence-electron chi connectivity index (χ2n) is 6.17. The number of carboxylic acids is 1. The van der Waals surface area contributed by atoms with Crippen molar-refractivity contribution < 1.29 is 19.1 Å². The van der Waals surface area contributed by atoms with Gasteiger partial charge in [0.05, 0.1) is 18.5 Å². The summed E-state index contributed by atoms with van der Waals surface area (Å²) >= 11 is 0. The van der Waals surface area contributed by atoms with E-state index < -0.39 is 5.97 Å². The van der Waals surface area contributed by atoms with Gasteiger partial charge in [-0.05, 0) is 24.7 Å². The molecule has 0 bridgehead atoms. The number of rotatable bonds is 2. The van der Waals surface area contributed by atoms with Crippen molar-refractivity contribution >= 4 is 11.9 Å². The normalized spacial score (nSPS) is 34.5. The van der Waals surface area contributed by atoms with Gasteiger partial charge in [0.15, 0.2) is 0 Å². The van der Waals surface area contributed by atoms with Crippen molar-refractivity contribution in [3.63, 3.8) is 0 Å². The fourth-order valence-electron chi connectivity index (χ4n) is 3.99. The van der Waals surface area contributed by atoms with Crippen LogP contribution in [0.25, 0.3) is 0 Å². The van der Waals surface area contributed by atoms with Crippen LogP contribution in [0.2, 0.25) is 0 Å². The van der Waals surface area contributed by atoms with Crippen LogP contribution in [0.4, 0.5) is 0 Å². The van der Waals surface area contributed by atoms with Gasteiger partial charge < -0.3 is 14.4 Å². The number of carboxylic acid groups (broad SMARTS) is 1. The average molecular weight is 261 g/mol. The van der Waals surface area contributed by atoms with Crippen LogP contribution in [0.3, 0.4) is 0 Å². The van der Waals surface area contributed by atoms with Crippen molar-refractivity contribution in [1.82, 2.24) is 4.90 Å². The SMILES string of the molecule is C[C@@H]1C[C@@]2(C(=O)N3Cc4occ(C(=O)O)c4C3)C[C@@H]12. The van der Waals surface area contributed by atoms with Crippen molar-refractivity contribution in [2.75, 3.05) is 0 Å². The third-order valence-electron chi connectivity index (χ3n) is 5.11. The molecular weight excluding hydrogens is 246 g/mol. The number of nitrogens with zero attached hydrogens (tertiary/aromatic N) is 1. The lowest BCUT2D eigenvalue weighted by Crippen LogP contribution is -2.40. The zero-order valence-electron chi connectivity index (χ0n) is 10.7. The monoisotopic (exact) mass is 261 g/mol. The van der Waals surface area contributed by atoms with Crippen molar-refractivity contribution in [3.05, 3.63) is 23.2 Å². The van der Waals surface area contributed by atoms with E-state index in [2.05, 4.69) is 6.92 Å². The van der Waals surface area contributed by atoms with Gasteiger partial charge in [-0.3, -0.25) is 4.79 Å². The first kappa shape index (κ1) is 11.1. The van der Waals surface area contributed by atoms with E-state index in [1.54, 1.807) is 4.90 Å². The molecule has 3 atom stereocenters. The van der Waals surface area contributed by atoms with E-state index >= 15 is 0 Å². The Balaban J connectivity index is 1.55. The third-order valence-corrected chi connectivity index (χ3v) is 5.11. The highest BCUT2D eigenvalue weighted by Gasteiger charge is 2.70. The smallest absolute Gasteiger partial charge is 0.339 e. The molecule has 1 aromatic heterocycles. The molecule has 2 aliphatic carbocycles. The summed E-state index contributed by atoms with van der Waals surface area (Å²) < 4.78 is 5.27. The number of furan rings is 1. The van der Waals surface area contributed by atoms with Crippen molar-refractivity contribution in [2.24, 2.45) is 17.3 Å². The number of aromatic carboxylic acids is 1. The van der Waals surface area contributed by atoms with Crippen LogP contribution in [-0.4, -0.2) is 21.9 Å². The van der Waals surface area contributed by atoms with Crippen LogP contribution in [0.5, 0.6) is 0 Å². The number of carbonyl (C=O) groups excluding carboxylic acids is 1. The van der Waals surface area contributed by atoms with Crippen LogP contribution in [0.1, 0.15) is 41.4 Å². The number of fused-ring (bicyclic) bond motifs is 2. The first-order valence-corrected chi connectivity index (χ1v) is 6.65. The summed E-state index contributed by atoms with van der Waals surface area (Å²) in [6.45, 7) is 3.00. The highest BCUT2D eigenvalue weighted by atomic mass is 16.4. The molecule has 2 heterocycles. The maximum atomic E-state index is 12.5. The topological polar surface area (TPSA) is 70.8 Å². The molecule has 1 amide bonds. The zero-order chi connectivity index (χ0) is 13.4. The average Bonchev–Trinajstić information content (AvgIpc) is 2.68. The minimum absolute atomic E-state index is 0.105. The fraction of sp³-hybridized carbons (Fsp3) is 0.571. The fourth-order valence-corrected chi connectivity index (χ4v) is 3.99. The van der Waals surface area contributed by atoms with Gasteiger partial charge in [0.2, 0.25) is 5.91 Å². The largest absolute Gasteiger partial charge is 0.478 e. The number of hydrogen-bond donors (Lipinski definition) is 1. The quantitative estimate of drug-likeness (QED) is 0.882. The van der Waals surface area contributed by atoms with Gasteiger partial charge in [-0.25, -0.2) is 4.79 Å². The van der Waals surface area contributed by atoms with Crippen molar-refractivity contribution in [2.45, 2.75) is 32.9 Å². The van der Waals surface area contributed by atoms with Crippen molar-refractivity contribution in [1.29, 1.82) is 0 Å². The summed E-state index contributed by atoms with van der Waals surface area (Å²) in [6.07, 6.45) is 3.27.